The van der Waals surface area contributed by atoms with Gasteiger partial charge in [0.15, 0.2) is 5.13 Å². The number of alkyl halides is 1. The number of carbonyl (C=O) groups is 1. The van der Waals surface area contributed by atoms with E-state index in [2.05, 4.69) is 15.0 Å². The second-order valence-electron chi connectivity index (χ2n) is 6.07. The Hall–Kier alpha value is -1.53. The van der Waals surface area contributed by atoms with Gasteiger partial charge in [0.2, 0.25) is 12.3 Å². The molecule has 1 fully saturated rings. The zero-order valence-electron chi connectivity index (χ0n) is 13.2. The van der Waals surface area contributed by atoms with Crippen LogP contribution in [-0.2, 0) is 16.0 Å². The molecular formula is C17H21FN2O2S. The summed E-state index contributed by atoms with van der Waals surface area (Å²) in [7, 11) is 1.36. The summed E-state index contributed by atoms with van der Waals surface area (Å²) in [6, 6.07) is 5.61. The summed E-state index contributed by atoms with van der Waals surface area (Å²) in [6.45, 7) is 0. The number of thiazole rings is 1. The molecule has 1 N–H and O–H groups in total. The molecule has 1 heterocycles. The van der Waals surface area contributed by atoms with E-state index in [-0.39, 0.29) is 12.3 Å². The quantitative estimate of drug-likeness (QED) is 0.855. The number of rotatable bonds is 6. The van der Waals surface area contributed by atoms with E-state index in [9.17, 15) is 9.18 Å². The largest absolute Gasteiger partial charge is 0.351 e. The van der Waals surface area contributed by atoms with E-state index in [0.717, 1.165) is 28.6 Å². The van der Waals surface area contributed by atoms with E-state index in [1.165, 1.54) is 31.3 Å². The van der Waals surface area contributed by atoms with Gasteiger partial charge >= 0.3 is 0 Å². The molecule has 23 heavy (non-hydrogen) atoms. The molecule has 1 aromatic heterocycles. The van der Waals surface area contributed by atoms with Crippen LogP contribution in [0.25, 0.3) is 10.2 Å². The van der Waals surface area contributed by atoms with Gasteiger partial charge in [0.1, 0.15) is 0 Å². The predicted molar refractivity (Wildman–Crippen MR) is 90.4 cm³/mol. The van der Waals surface area contributed by atoms with E-state index in [4.69, 9.17) is 0 Å². The Labute approximate surface area is 139 Å². The lowest BCUT2D eigenvalue weighted by atomic mass is 10.0. The number of halogens is 1. The highest BCUT2D eigenvalue weighted by molar-refractivity contribution is 7.22. The molecule has 6 heteroatoms. The lowest BCUT2D eigenvalue weighted by Crippen LogP contribution is -2.14. The first-order valence-corrected chi connectivity index (χ1v) is 8.82. The van der Waals surface area contributed by atoms with Crippen molar-refractivity contribution in [3.63, 3.8) is 0 Å². The molecule has 1 aliphatic rings. The Morgan fingerprint density at radius 3 is 3.00 bits per heavy atom. The van der Waals surface area contributed by atoms with E-state index in [1.54, 1.807) is 0 Å². The van der Waals surface area contributed by atoms with Gasteiger partial charge in [0.25, 0.3) is 0 Å². The Kier molecular flexibility index (Phi) is 5.23. The minimum absolute atomic E-state index is 0.0411. The lowest BCUT2D eigenvalue weighted by Gasteiger charge is -2.07. The van der Waals surface area contributed by atoms with Crippen molar-refractivity contribution < 1.29 is 13.9 Å². The van der Waals surface area contributed by atoms with Crippen molar-refractivity contribution in [1.82, 2.24) is 4.98 Å². The molecule has 0 saturated heterocycles. The van der Waals surface area contributed by atoms with Crippen molar-refractivity contribution in [3.8, 4) is 0 Å². The Morgan fingerprint density at radius 2 is 2.26 bits per heavy atom. The van der Waals surface area contributed by atoms with Crippen LogP contribution in [0.15, 0.2) is 18.2 Å². The number of nitrogens with one attached hydrogen (secondary N) is 1. The molecule has 1 aromatic carbocycles. The first kappa shape index (κ1) is 16.3. The molecule has 1 atom stereocenters. The minimum Gasteiger partial charge on any atom is -0.351 e. The molecule has 124 valence electrons. The molecule has 3 rings (SSSR count). The summed E-state index contributed by atoms with van der Waals surface area (Å²) >= 11 is 1.43. The average Bonchev–Trinajstić information content (AvgIpc) is 3.15. The van der Waals surface area contributed by atoms with Gasteiger partial charge in [-0.25, -0.2) is 9.37 Å². The molecule has 0 spiro atoms. The number of nitrogens with zero attached hydrogens (tertiary/aromatic N) is 1. The van der Waals surface area contributed by atoms with E-state index >= 15 is 0 Å². The summed E-state index contributed by atoms with van der Waals surface area (Å²) in [5, 5.41) is 3.51. The van der Waals surface area contributed by atoms with Crippen LogP contribution in [0.1, 0.15) is 37.7 Å². The van der Waals surface area contributed by atoms with Crippen LogP contribution in [0, 0.1) is 5.92 Å². The van der Waals surface area contributed by atoms with Crippen LogP contribution in [0.4, 0.5) is 9.52 Å². The monoisotopic (exact) mass is 336 g/mol. The molecule has 1 aliphatic carbocycles. The number of fused-ring (bicyclic) bond motifs is 1. The maximum absolute atomic E-state index is 13.3. The Morgan fingerprint density at radius 1 is 1.48 bits per heavy atom. The highest BCUT2D eigenvalue weighted by Gasteiger charge is 2.19. The van der Waals surface area contributed by atoms with Crippen molar-refractivity contribution in [2.75, 3.05) is 12.4 Å². The number of aromatic nitrogens is 1. The van der Waals surface area contributed by atoms with Crippen molar-refractivity contribution in [2.45, 2.75) is 44.9 Å². The average molecular weight is 336 g/mol. The minimum atomic E-state index is -1.30. The molecular weight excluding hydrogens is 315 g/mol. The third-order valence-corrected chi connectivity index (χ3v) is 5.23. The van der Waals surface area contributed by atoms with Crippen molar-refractivity contribution in [3.05, 3.63) is 23.8 Å². The second-order valence-corrected chi connectivity index (χ2v) is 7.10. The lowest BCUT2D eigenvalue weighted by molar-refractivity contribution is -0.117. The standard InChI is InChI=1S/C17H21FN2O2S/c1-22-15(18)9-12-6-7-13-14(8-12)23-17(19-13)20-16(21)10-11-4-2-3-5-11/h6-8,11,15H,2-5,9-10H2,1H3,(H,19,20,21). The summed E-state index contributed by atoms with van der Waals surface area (Å²) in [6.07, 6.45) is 4.27. The molecule has 0 bridgehead atoms. The number of amides is 1. The van der Waals surface area contributed by atoms with E-state index in [0.29, 0.717) is 17.5 Å². The normalized spacial score (nSPS) is 16.8. The Balaban J connectivity index is 1.65. The number of benzene rings is 1. The van der Waals surface area contributed by atoms with Gasteiger partial charge in [-0.05, 0) is 36.5 Å². The van der Waals surface area contributed by atoms with Crippen LogP contribution < -0.4 is 5.32 Å². The molecule has 0 aliphatic heterocycles. The molecule has 2 aromatic rings. The fourth-order valence-corrected chi connectivity index (χ4v) is 4.01. The number of methoxy groups -OCH3 is 1. The van der Waals surface area contributed by atoms with E-state index in [1.807, 2.05) is 18.2 Å². The first-order valence-electron chi connectivity index (χ1n) is 8.00. The fourth-order valence-electron chi connectivity index (χ4n) is 3.07. The summed E-state index contributed by atoms with van der Waals surface area (Å²) in [4.78, 5) is 16.5. The third kappa shape index (κ3) is 4.26. The molecule has 1 amide bonds. The smallest absolute Gasteiger partial charge is 0.226 e. The number of ether oxygens (including phenoxy) is 1. The zero-order chi connectivity index (χ0) is 16.2. The van der Waals surface area contributed by atoms with Crippen LogP contribution >= 0.6 is 11.3 Å². The highest BCUT2D eigenvalue weighted by atomic mass is 32.1. The summed E-state index contributed by atoms with van der Waals surface area (Å²) in [5.74, 6) is 0.561. The summed E-state index contributed by atoms with van der Waals surface area (Å²) < 4.78 is 18.9. The zero-order valence-corrected chi connectivity index (χ0v) is 14.0. The van der Waals surface area contributed by atoms with Crippen LogP contribution in [0.5, 0.6) is 0 Å². The second kappa shape index (κ2) is 7.36. The number of hydrogen-bond acceptors (Lipinski definition) is 4. The van der Waals surface area contributed by atoms with Gasteiger partial charge in [-0.1, -0.05) is 30.2 Å². The topological polar surface area (TPSA) is 51.2 Å². The fraction of sp³-hybridized carbons (Fsp3) is 0.529. The maximum atomic E-state index is 13.3. The number of carbonyl (C=O) groups excluding carboxylic acids is 1. The number of anilines is 1. The van der Waals surface area contributed by atoms with E-state index < -0.39 is 6.36 Å². The molecule has 0 radical (unpaired) electrons. The molecule has 1 saturated carbocycles. The predicted octanol–water partition coefficient (Wildman–Crippen LogP) is 4.30. The van der Waals surface area contributed by atoms with Gasteiger partial charge in [-0.15, -0.1) is 0 Å². The van der Waals surface area contributed by atoms with Gasteiger partial charge in [0, 0.05) is 20.0 Å². The first-order chi connectivity index (χ1) is 11.1. The molecule has 1 unspecified atom stereocenters. The SMILES string of the molecule is COC(F)Cc1ccc2nc(NC(=O)CC3CCCC3)sc2c1. The van der Waals surface area contributed by atoms with Crippen LogP contribution in [0.2, 0.25) is 0 Å². The third-order valence-electron chi connectivity index (χ3n) is 4.30. The van der Waals surface area contributed by atoms with Crippen molar-refractivity contribution in [1.29, 1.82) is 0 Å². The molecule has 4 nitrogen and oxygen atoms in total. The van der Waals surface area contributed by atoms with Crippen LogP contribution in [-0.4, -0.2) is 24.4 Å². The van der Waals surface area contributed by atoms with Crippen molar-refractivity contribution in [2.24, 2.45) is 5.92 Å². The van der Waals surface area contributed by atoms with Gasteiger partial charge in [0.05, 0.1) is 10.2 Å². The number of hydrogen-bond donors (Lipinski definition) is 1. The highest BCUT2D eigenvalue weighted by Crippen LogP contribution is 2.30. The van der Waals surface area contributed by atoms with Gasteiger partial charge in [-0.3, -0.25) is 4.79 Å². The maximum Gasteiger partial charge on any atom is 0.226 e. The van der Waals surface area contributed by atoms with Crippen LogP contribution in [0.3, 0.4) is 0 Å². The Bertz CT molecular complexity index is 682. The summed E-state index contributed by atoms with van der Waals surface area (Å²) in [5.41, 5.74) is 1.68. The van der Waals surface area contributed by atoms with Crippen molar-refractivity contribution >= 4 is 32.6 Å². The van der Waals surface area contributed by atoms with Gasteiger partial charge < -0.3 is 10.1 Å². The van der Waals surface area contributed by atoms with Gasteiger partial charge in [-0.2, -0.15) is 0 Å².